The monoisotopic (exact) mass is 348 g/mol. The van der Waals surface area contributed by atoms with Gasteiger partial charge in [0.1, 0.15) is 0 Å². The second-order valence-corrected chi connectivity index (χ2v) is 5.86. The minimum Gasteiger partial charge on any atom is -0.347 e. The van der Waals surface area contributed by atoms with Crippen LogP contribution in [0, 0.1) is 16.0 Å². The van der Waals surface area contributed by atoms with Gasteiger partial charge in [-0.25, -0.2) is 0 Å². The van der Waals surface area contributed by atoms with Crippen LogP contribution in [-0.4, -0.2) is 29.2 Å². The summed E-state index contributed by atoms with van der Waals surface area (Å²) in [7, 11) is 0. The molecule has 134 valence electrons. The van der Waals surface area contributed by atoms with Crippen molar-refractivity contribution < 1.29 is 19.3 Å². The average Bonchev–Trinajstić information content (AvgIpc) is 2.64. The molecule has 25 heavy (non-hydrogen) atoms. The smallest absolute Gasteiger partial charge is 0.270 e. The van der Waals surface area contributed by atoms with Gasteiger partial charge >= 0.3 is 0 Å². The van der Waals surface area contributed by atoms with Gasteiger partial charge in [0.25, 0.3) is 17.5 Å². The fourth-order valence-electron chi connectivity index (χ4n) is 2.68. The first-order chi connectivity index (χ1) is 12.0. The predicted octanol–water partition coefficient (Wildman–Crippen LogP) is 1.05. The molecule has 0 atom stereocenters. The van der Waals surface area contributed by atoms with Crippen LogP contribution in [0.2, 0.25) is 0 Å². The van der Waals surface area contributed by atoms with Crippen LogP contribution in [0.3, 0.4) is 0 Å². The lowest BCUT2D eigenvalue weighted by Gasteiger charge is -2.20. The number of hydrogen-bond acceptors (Lipinski definition) is 5. The predicted molar refractivity (Wildman–Crippen MR) is 88.3 cm³/mol. The van der Waals surface area contributed by atoms with Crippen LogP contribution in [0.4, 0.5) is 5.69 Å². The molecule has 1 fully saturated rings. The fourth-order valence-corrected chi connectivity index (χ4v) is 2.68. The van der Waals surface area contributed by atoms with Crippen molar-refractivity contribution >= 4 is 23.4 Å². The van der Waals surface area contributed by atoms with Gasteiger partial charge < -0.3 is 5.32 Å². The van der Waals surface area contributed by atoms with Gasteiger partial charge in [-0.05, 0) is 18.9 Å². The second kappa shape index (κ2) is 8.76. The minimum absolute atomic E-state index is 0.0424. The number of hydrazine groups is 1. The van der Waals surface area contributed by atoms with Crippen molar-refractivity contribution in [2.24, 2.45) is 5.92 Å². The Morgan fingerprint density at radius 2 is 1.84 bits per heavy atom. The van der Waals surface area contributed by atoms with Gasteiger partial charge in [0.15, 0.2) is 0 Å². The number of non-ortho nitro benzene ring substituents is 1. The molecule has 0 aliphatic heterocycles. The molecule has 0 bridgehead atoms. The van der Waals surface area contributed by atoms with E-state index in [9.17, 15) is 24.5 Å². The maximum Gasteiger partial charge on any atom is 0.270 e. The van der Waals surface area contributed by atoms with Crippen molar-refractivity contribution in [3.63, 3.8) is 0 Å². The highest BCUT2D eigenvalue weighted by molar-refractivity contribution is 5.96. The highest BCUT2D eigenvalue weighted by atomic mass is 16.6. The third-order valence-electron chi connectivity index (χ3n) is 4.03. The van der Waals surface area contributed by atoms with Crippen molar-refractivity contribution in [3.05, 3.63) is 39.9 Å². The van der Waals surface area contributed by atoms with E-state index in [4.69, 9.17) is 0 Å². The molecule has 1 aliphatic rings. The largest absolute Gasteiger partial charge is 0.347 e. The zero-order valence-corrected chi connectivity index (χ0v) is 13.6. The number of amides is 3. The molecular weight excluding hydrogens is 328 g/mol. The van der Waals surface area contributed by atoms with Crippen molar-refractivity contribution in [1.82, 2.24) is 16.2 Å². The van der Waals surface area contributed by atoms with E-state index in [1.807, 2.05) is 0 Å². The van der Waals surface area contributed by atoms with Crippen LogP contribution in [0.5, 0.6) is 0 Å². The third-order valence-corrected chi connectivity index (χ3v) is 4.03. The molecule has 1 aromatic carbocycles. The van der Waals surface area contributed by atoms with Crippen LogP contribution in [0.15, 0.2) is 24.3 Å². The molecule has 0 spiro atoms. The van der Waals surface area contributed by atoms with Crippen LogP contribution >= 0.6 is 0 Å². The summed E-state index contributed by atoms with van der Waals surface area (Å²) in [6.07, 6.45) is 4.83. The van der Waals surface area contributed by atoms with Crippen LogP contribution in [0.1, 0.15) is 42.5 Å². The number of nitrogens with one attached hydrogen (secondary N) is 3. The fraction of sp³-hybridized carbons (Fsp3) is 0.438. The molecular formula is C16H20N4O5. The van der Waals surface area contributed by atoms with Crippen molar-refractivity contribution in [1.29, 1.82) is 0 Å². The van der Waals surface area contributed by atoms with Gasteiger partial charge in [-0.1, -0.05) is 25.3 Å². The van der Waals surface area contributed by atoms with E-state index in [1.165, 1.54) is 18.2 Å². The highest BCUT2D eigenvalue weighted by Crippen LogP contribution is 2.23. The SMILES string of the molecule is O=C(CNC(=O)C1CCCCC1)NNC(=O)c1cccc([N+](=O)[O-])c1. The zero-order chi connectivity index (χ0) is 18.2. The number of carbonyl (C=O) groups excluding carboxylic acids is 3. The number of benzene rings is 1. The summed E-state index contributed by atoms with van der Waals surface area (Å²) in [6.45, 7) is -0.245. The summed E-state index contributed by atoms with van der Waals surface area (Å²) >= 11 is 0. The first-order valence-electron chi connectivity index (χ1n) is 8.08. The Morgan fingerprint density at radius 3 is 2.52 bits per heavy atom. The quantitative estimate of drug-likeness (QED) is 0.541. The minimum atomic E-state index is -0.685. The van der Waals surface area contributed by atoms with Crippen LogP contribution in [-0.2, 0) is 9.59 Å². The number of nitrogens with zero attached hydrogens (tertiary/aromatic N) is 1. The summed E-state index contributed by atoms with van der Waals surface area (Å²) in [6, 6.07) is 5.13. The van der Waals surface area contributed by atoms with Crippen molar-refractivity contribution in [2.45, 2.75) is 32.1 Å². The first kappa shape index (κ1) is 18.4. The highest BCUT2D eigenvalue weighted by Gasteiger charge is 2.21. The standard InChI is InChI=1S/C16H20N4O5/c21-14(10-17-15(22)11-5-2-1-3-6-11)18-19-16(23)12-7-4-8-13(9-12)20(24)25/h4,7-9,11H,1-3,5-6,10H2,(H,17,22)(H,18,21)(H,19,23). The molecule has 2 rings (SSSR count). The Bertz CT molecular complexity index is 670. The van der Waals surface area contributed by atoms with Crippen molar-refractivity contribution in [2.75, 3.05) is 6.54 Å². The Kier molecular flexibility index (Phi) is 6.44. The van der Waals surface area contributed by atoms with Crippen LogP contribution in [0.25, 0.3) is 0 Å². The Labute approximate surface area is 144 Å². The first-order valence-corrected chi connectivity index (χ1v) is 8.08. The van der Waals surface area contributed by atoms with Crippen molar-refractivity contribution in [3.8, 4) is 0 Å². The number of nitro benzene ring substituents is 1. The maximum atomic E-state index is 11.9. The van der Waals surface area contributed by atoms with Gasteiger partial charge in [0.2, 0.25) is 5.91 Å². The molecule has 9 heteroatoms. The second-order valence-electron chi connectivity index (χ2n) is 5.86. The number of nitro groups is 1. The van der Waals surface area contributed by atoms with Crippen LogP contribution < -0.4 is 16.2 Å². The van der Waals surface area contributed by atoms with Gasteiger partial charge in [0, 0.05) is 23.6 Å². The summed E-state index contributed by atoms with van der Waals surface area (Å²) in [5.74, 6) is -1.47. The van der Waals surface area contributed by atoms with E-state index in [0.717, 1.165) is 38.2 Å². The zero-order valence-electron chi connectivity index (χ0n) is 13.6. The molecule has 0 aromatic heterocycles. The lowest BCUT2D eigenvalue weighted by atomic mass is 9.89. The van der Waals surface area contributed by atoms with Gasteiger partial charge in [-0.3, -0.25) is 35.3 Å². The number of rotatable bonds is 5. The molecule has 1 aliphatic carbocycles. The maximum absolute atomic E-state index is 11.9. The average molecular weight is 348 g/mol. The molecule has 1 aromatic rings. The van der Waals surface area contributed by atoms with E-state index in [1.54, 1.807) is 0 Å². The topological polar surface area (TPSA) is 130 Å². The molecule has 0 radical (unpaired) electrons. The summed E-state index contributed by atoms with van der Waals surface area (Å²) in [5, 5.41) is 13.2. The van der Waals surface area contributed by atoms with Gasteiger partial charge in [0.05, 0.1) is 11.5 Å². The molecule has 3 N–H and O–H groups in total. The summed E-state index contributed by atoms with van der Waals surface area (Å²) < 4.78 is 0. The van der Waals surface area contributed by atoms with Gasteiger partial charge in [-0.2, -0.15) is 0 Å². The van der Waals surface area contributed by atoms with E-state index < -0.39 is 16.7 Å². The van der Waals surface area contributed by atoms with E-state index >= 15 is 0 Å². The Balaban J connectivity index is 1.75. The molecule has 3 amide bonds. The lowest BCUT2D eigenvalue weighted by molar-refractivity contribution is -0.384. The normalized spacial score (nSPS) is 14.4. The van der Waals surface area contributed by atoms with E-state index in [2.05, 4.69) is 16.2 Å². The summed E-state index contributed by atoms with van der Waals surface area (Å²) in [4.78, 5) is 45.6. The van der Waals surface area contributed by atoms with E-state index in [0.29, 0.717) is 0 Å². The number of carbonyl (C=O) groups is 3. The Hall–Kier alpha value is -2.97. The molecule has 0 saturated heterocycles. The summed E-state index contributed by atoms with van der Waals surface area (Å²) in [5.41, 5.74) is 4.14. The molecule has 9 nitrogen and oxygen atoms in total. The molecule has 0 heterocycles. The molecule has 1 saturated carbocycles. The van der Waals surface area contributed by atoms with Gasteiger partial charge in [-0.15, -0.1) is 0 Å². The Morgan fingerprint density at radius 1 is 1.12 bits per heavy atom. The number of hydrogen-bond donors (Lipinski definition) is 3. The lowest BCUT2D eigenvalue weighted by Crippen LogP contribution is -2.47. The third kappa shape index (κ3) is 5.55. The molecule has 0 unspecified atom stereocenters. The van der Waals surface area contributed by atoms with E-state index in [-0.39, 0.29) is 29.6 Å².